The summed E-state index contributed by atoms with van der Waals surface area (Å²) < 4.78 is 0. The van der Waals surface area contributed by atoms with Crippen LogP contribution in [0.4, 0.5) is 5.69 Å². The van der Waals surface area contributed by atoms with Crippen LogP contribution in [0.1, 0.15) is 39.2 Å². The van der Waals surface area contributed by atoms with E-state index < -0.39 is 0 Å². The van der Waals surface area contributed by atoms with Crippen molar-refractivity contribution in [3.63, 3.8) is 0 Å². The van der Waals surface area contributed by atoms with Gasteiger partial charge in [-0.1, -0.05) is 31.5 Å². The van der Waals surface area contributed by atoms with Crippen LogP contribution in [-0.2, 0) is 6.42 Å². The predicted molar refractivity (Wildman–Crippen MR) is 79.3 cm³/mol. The summed E-state index contributed by atoms with van der Waals surface area (Å²) in [6, 6.07) is 8.89. The molecule has 1 aromatic rings. The number of nitrogens with one attached hydrogen (secondary N) is 1. The molecule has 0 aliphatic carbocycles. The molecule has 0 spiro atoms. The highest BCUT2D eigenvalue weighted by Gasteiger charge is 2.24. The van der Waals surface area contributed by atoms with Gasteiger partial charge in [0, 0.05) is 24.3 Å². The Labute approximate surface area is 111 Å². The summed E-state index contributed by atoms with van der Waals surface area (Å²) >= 11 is 0. The monoisotopic (exact) mass is 246 g/mol. The molecular formula is C16H26N2. The molecule has 1 aliphatic heterocycles. The van der Waals surface area contributed by atoms with Crippen LogP contribution in [0.15, 0.2) is 24.3 Å². The highest BCUT2D eigenvalue weighted by Crippen LogP contribution is 2.25. The molecule has 0 atom stereocenters. The Morgan fingerprint density at radius 1 is 1.28 bits per heavy atom. The van der Waals surface area contributed by atoms with E-state index in [0.717, 1.165) is 19.6 Å². The van der Waals surface area contributed by atoms with Crippen LogP contribution in [0, 0.1) is 0 Å². The standard InChI is InChI=1S/C16H26N2/c1-4-8-14-9-5-6-10-15(14)18-12-7-11-17-16(2,3)13-18/h5-6,9-10,17H,4,7-8,11-13H2,1-3H3. The van der Waals surface area contributed by atoms with Gasteiger partial charge in [-0.25, -0.2) is 0 Å². The molecule has 1 saturated heterocycles. The molecule has 2 nitrogen and oxygen atoms in total. The van der Waals surface area contributed by atoms with Crippen molar-refractivity contribution in [2.24, 2.45) is 0 Å². The molecule has 1 N–H and O–H groups in total. The normalized spacial score (nSPS) is 19.6. The molecule has 1 aliphatic rings. The Kier molecular flexibility index (Phi) is 4.28. The molecule has 1 heterocycles. The summed E-state index contributed by atoms with van der Waals surface area (Å²) in [5.74, 6) is 0. The zero-order valence-corrected chi connectivity index (χ0v) is 12.0. The lowest BCUT2D eigenvalue weighted by Crippen LogP contribution is -2.46. The average Bonchev–Trinajstić information content (AvgIpc) is 2.51. The molecule has 0 bridgehead atoms. The van der Waals surface area contributed by atoms with Crippen LogP contribution >= 0.6 is 0 Å². The molecule has 100 valence electrons. The number of rotatable bonds is 3. The molecular weight excluding hydrogens is 220 g/mol. The van der Waals surface area contributed by atoms with Crippen LogP contribution < -0.4 is 10.2 Å². The topological polar surface area (TPSA) is 15.3 Å². The maximum atomic E-state index is 3.63. The summed E-state index contributed by atoms with van der Waals surface area (Å²) in [7, 11) is 0. The summed E-state index contributed by atoms with van der Waals surface area (Å²) in [6.45, 7) is 10.2. The molecule has 18 heavy (non-hydrogen) atoms. The lowest BCUT2D eigenvalue weighted by molar-refractivity contribution is 0.416. The minimum absolute atomic E-state index is 0.204. The van der Waals surface area contributed by atoms with Gasteiger partial charge in [-0.2, -0.15) is 0 Å². The molecule has 1 fully saturated rings. The number of benzene rings is 1. The Morgan fingerprint density at radius 2 is 2.06 bits per heavy atom. The Balaban J connectivity index is 2.23. The second-order valence-corrected chi connectivity index (χ2v) is 5.96. The van der Waals surface area contributed by atoms with Crippen LogP contribution in [-0.4, -0.2) is 25.2 Å². The zero-order chi connectivity index (χ0) is 13.0. The quantitative estimate of drug-likeness (QED) is 0.881. The van der Waals surface area contributed by atoms with Gasteiger partial charge in [-0.05, 0) is 44.9 Å². The number of hydrogen-bond donors (Lipinski definition) is 1. The summed E-state index contributed by atoms with van der Waals surface area (Å²) in [4.78, 5) is 2.56. The highest BCUT2D eigenvalue weighted by atomic mass is 15.2. The first-order valence-corrected chi connectivity index (χ1v) is 7.20. The number of hydrogen-bond acceptors (Lipinski definition) is 2. The Morgan fingerprint density at radius 3 is 2.83 bits per heavy atom. The third-order valence-corrected chi connectivity index (χ3v) is 3.65. The summed E-state index contributed by atoms with van der Waals surface area (Å²) in [5, 5.41) is 3.63. The van der Waals surface area contributed by atoms with E-state index in [1.807, 2.05) is 0 Å². The van der Waals surface area contributed by atoms with E-state index in [0.29, 0.717) is 0 Å². The summed E-state index contributed by atoms with van der Waals surface area (Å²) in [6.07, 6.45) is 3.62. The van der Waals surface area contributed by atoms with Gasteiger partial charge >= 0.3 is 0 Å². The second-order valence-electron chi connectivity index (χ2n) is 5.96. The van der Waals surface area contributed by atoms with Crippen molar-refractivity contribution in [2.75, 3.05) is 24.5 Å². The predicted octanol–water partition coefficient (Wildman–Crippen LogP) is 3.22. The minimum Gasteiger partial charge on any atom is -0.369 e. The number of para-hydroxylation sites is 1. The van der Waals surface area contributed by atoms with E-state index >= 15 is 0 Å². The van der Waals surface area contributed by atoms with Crippen molar-refractivity contribution >= 4 is 5.69 Å². The lowest BCUT2D eigenvalue weighted by Gasteiger charge is -2.32. The van der Waals surface area contributed by atoms with Gasteiger partial charge < -0.3 is 10.2 Å². The average molecular weight is 246 g/mol. The van der Waals surface area contributed by atoms with Crippen LogP contribution in [0.2, 0.25) is 0 Å². The fourth-order valence-corrected chi connectivity index (χ4v) is 2.81. The van der Waals surface area contributed by atoms with Gasteiger partial charge in [0.15, 0.2) is 0 Å². The zero-order valence-electron chi connectivity index (χ0n) is 12.0. The van der Waals surface area contributed by atoms with Gasteiger partial charge in [-0.15, -0.1) is 0 Å². The van der Waals surface area contributed by atoms with Crippen molar-refractivity contribution in [3.05, 3.63) is 29.8 Å². The van der Waals surface area contributed by atoms with Crippen molar-refractivity contribution in [1.29, 1.82) is 0 Å². The fraction of sp³-hybridized carbons (Fsp3) is 0.625. The van der Waals surface area contributed by atoms with E-state index in [2.05, 4.69) is 55.3 Å². The largest absolute Gasteiger partial charge is 0.369 e. The lowest BCUT2D eigenvalue weighted by atomic mass is 10.0. The highest BCUT2D eigenvalue weighted by molar-refractivity contribution is 5.54. The first-order valence-electron chi connectivity index (χ1n) is 7.20. The first kappa shape index (κ1) is 13.4. The molecule has 0 unspecified atom stereocenters. The van der Waals surface area contributed by atoms with Gasteiger partial charge in [0.2, 0.25) is 0 Å². The Hall–Kier alpha value is -1.02. The van der Waals surface area contributed by atoms with Crippen LogP contribution in [0.25, 0.3) is 0 Å². The molecule has 0 amide bonds. The maximum absolute atomic E-state index is 3.63. The van der Waals surface area contributed by atoms with Crippen LogP contribution in [0.5, 0.6) is 0 Å². The van der Waals surface area contributed by atoms with E-state index in [1.54, 1.807) is 0 Å². The Bertz CT molecular complexity index is 384. The first-order chi connectivity index (χ1) is 8.62. The number of aryl methyl sites for hydroxylation is 1. The third-order valence-electron chi connectivity index (χ3n) is 3.65. The SMILES string of the molecule is CCCc1ccccc1N1CCCNC(C)(C)C1. The van der Waals surface area contributed by atoms with Gasteiger partial charge in [0.05, 0.1) is 0 Å². The number of anilines is 1. The van der Waals surface area contributed by atoms with Crippen LogP contribution in [0.3, 0.4) is 0 Å². The molecule has 1 aromatic carbocycles. The third kappa shape index (κ3) is 3.26. The minimum atomic E-state index is 0.204. The van der Waals surface area contributed by atoms with E-state index in [1.165, 1.54) is 30.5 Å². The number of nitrogens with zero attached hydrogens (tertiary/aromatic N) is 1. The van der Waals surface area contributed by atoms with Gasteiger partial charge in [0.1, 0.15) is 0 Å². The molecule has 0 saturated carbocycles. The smallest absolute Gasteiger partial charge is 0.0399 e. The van der Waals surface area contributed by atoms with Crippen molar-refractivity contribution in [2.45, 2.75) is 45.6 Å². The second kappa shape index (κ2) is 5.75. The van der Waals surface area contributed by atoms with Gasteiger partial charge in [0.25, 0.3) is 0 Å². The van der Waals surface area contributed by atoms with Gasteiger partial charge in [-0.3, -0.25) is 0 Å². The molecule has 0 aromatic heterocycles. The molecule has 2 rings (SSSR count). The van der Waals surface area contributed by atoms with E-state index in [4.69, 9.17) is 0 Å². The van der Waals surface area contributed by atoms with E-state index in [-0.39, 0.29) is 5.54 Å². The molecule has 0 radical (unpaired) electrons. The summed E-state index contributed by atoms with van der Waals surface area (Å²) in [5.41, 5.74) is 3.14. The van der Waals surface area contributed by atoms with Crippen molar-refractivity contribution in [1.82, 2.24) is 5.32 Å². The van der Waals surface area contributed by atoms with Crippen molar-refractivity contribution in [3.8, 4) is 0 Å². The molecule has 2 heteroatoms. The van der Waals surface area contributed by atoms with Crippen molar-refractivity contribution < 1.29 is 0 Å². The fourth-order valence-electron chi connectivity index (χ4n) is 2.81. The maximum Gasteiger partial charge on any atom is 0.0399 e. The van der Waals surface area contributed by atoms with E-state index in [9.17, 15) is 0 Å².